The quantitative estimate of drug-likeness (QED) is 0.369. The topological polar surface area (TPSA) is 29.5 Å². The van der Waals surface area contributed by atoms with Crippen LogP contribution in [0.4, 0.5) is 5.69 Å². The van der Waals surface area contributed by atoms with Crippen molar-refractivity contribution in [1.29, 1.82) is 0 Å². The minimum atomic E-state index is -0.0962. The SMILES string of the molecule is CCOc1ccc(/C=C2\C=C(c3ccccc3)N(c3cccc(Cl)c3)C2=O)cc1Br. The third-order valence-corrected chi connectivity index (χ3v) is 5.55. The van der Waals surface area contributed by atoms with Crippen LogP contribution in [0, 0.1) is 0 Å². The van der Waals surface area contributed by atoms with E-state index in [1.165, 1.54) is 0 Å². The van der Waals surface area contributed by atoms with Crippen LogP contribution in [0.3, 0.4) is 0 Å². The fourth-order valence-electron chi connectivity index (χ4n) is 3.37. The van der Waals surface area contributed by atoms with E-state index in [-0.39, 0.29) is 5.91 Å². The van der Waals surface area contributed by atoms with Gasteiger partial charge in [-0.25, -0.2) is 0 Å². The average Bonchev–Trinajstić information content (AvgIpc) is 3.07. The maximum Gasteiger partial charge on any atom is 0.262 e. The lowest BCUT2D eigenvalue weighted by atomic mass is 10.1. The fourth-order valence-corrected chi connectivity index (χ4v) is 4.06. The molecule has 1 heterocycles. The molecule has 0 spiro atoms. The Bertz CT molecular complexity index is 1150. The standard InChI is InChI=1S/C25H19BrClNO2/c1-2-30-24-12-11-17(14-22(24)26)13-19-15-23(18-7-4-3-5-8-18)28(25(19)29)21-10-6-9-20(27)16-21/h3-16H,2H2,1H3/b19-13+. The van der Waals surface area contributed by atoms with Gasteiger partial charge in [-0.05, 0) is 76.5 Å². The molecule has 0 saturated carbocycles. The molecule has 0 atom stereocenters. The van der Waals surface area contributed by atoms with Crippen LogP contribution in [0.25, 0.3) is 11.8 Å². The van der Waals surface area contributed by atoms with E-state index >= 15 is 0 Å². The number of hydrogen-bond donors (Lipinski definition) is 0. The van der Waals surface area contributed by atoms with Gasteiger partial charge < -0.3 is 4.74 Å². The number of amides is 1. The first kappa shape index (κ1) is 20.5. The minimum Gasteiger partial charge on any atom is -0.493 e. The molecule has 30 heavy (non-hydrogen) atoms. The predicted molar refractivity (Wildman–Crippen MR) is 127 cm³/mol. The number of halogens is 2. The van der Waals surface area contributed by atoms with Crippen LogP contribution in [-0.2, 0) is 4.79 Å². The lowest BCUT2D eigenvalue weighted by Gasteiger charge is -2.21. The van der Waals surface area contributed by atoms with E-state index in [1.54, 1.807) is 17.0 Å². The van der Waals surface area contributed by atoms with E-state index in [2.05, 4.69) is 15.9 Å². The van der Waals surface area contributed by atoms with E-state index in [0.29, 0.717) is 17.2 Å². The second-order valence-corrected chi connectivity index (χ2v) is 8.03. The molecule has 3 aromatic carbocycles. The molecular weight excluding hydrogens is 462 g/mol. The van der Waals surface area contributed by atoms with Crippen LogP contribution in [0.5, 0.6) is 5.75 Å². The van der Waals surface area contributed by atoms with E-state index in [0.717, 1.165) is 32.7 Å². The van der Waals surface area contributed by atoms with Gasteiger partial charge in [0, 0.05) is 10.6 Å². The summed E-state index contributed by atoms with van der Waals surface area (Å²) < 4.78 is 6.43. The zero-order valence-corrected chi connectivity index (χ0v) is 18.7. The first-order valence-corrected chi connectivity index (χ1v) is 10.7. The molecule has 3 nitrogen and oxygen atoms in total. The molecular formula is C25H19BrClNO2. The summed E-state index contributed by atoms with van der Waals surface area (Å²) in [4.78, 5) is 15.1. The van der Waals surface area contributed by atoms with Gasteiger partial charge in [-0.3, -0.25) is 9.69 Å². The third kappa shape index (κ3) is 4.20. The van der Waals surface area contributed by atoms with Crippen molar-refractivity contribution in [3.63, 3.8) is 0 Å². The van der Waals surface area contributed by atoms with Gasteiger partial charge in [0.2, 0.25) is 0 Å². The predicted octanol–water partition coefficient (Wildman–Crippen LogP) is 6.97. The van der Waals surface area contributed by atoms with Gasteiger partial charge in [-0.2, -0.15) is 0 Å². The van der Waals surface area contributed by atoms with Crippen molar-refractivity contribution in [2.75, 3.05) is 11.5 Å². The summed E-state index contributed by atoms with van der Waals surface area (Å²) in [5.74, 6) is 0.680. The third-order valence-electron chi connectivity index (χ3n) is 4.70. The molecule has 0 fully saturated rings. The summed E-state index contributed by atoms with van der Waals surface area (Å²) in [6, 6.07) is 23.0. The molecule has 5 heteroatoms. The maximum atomic E-state index is 13.4. The summed E-state index contributed by atoms with van der Waals surface area (Å²) >= 11 is 9.74. The van der Waals surface area contributed by atoms with E-state index in [9.17, 15) is 4.79 Å². The number of carbonyl (C=O) groups excluding carboxylic acids is 1. The van der Waals surface area contributed by atoms with Gasteiger partial charge in [0.25, 0.3) is 5.91 Å². The number of hydrogen-bond acceptors (Lipinski definition) is 2. The number of carbonyl (C=O) groups is 1. The summed E-state index contributed by atoms with van der Waals surface area (Å²) in [5, 5.41) is 0.584. The lowest BCUT2D eigenvalue weighted by Crippen LogP contribution is -2.24. The normalized spacial score (nSPS) is 14.9. The van der Waals surface area contributed by atoms with Gasteiger partial charge in [-0.1, -0.05) is 54.1 Å². The van der Waals surface area contributed by atoms with Crippen LogP contribution < -0.4 is 9.64 Å². The highest BCUT2D eigenvalue weighted by Crippen LogP contribution is 2.36. The summed E-state index contributed by atoms with van der Waals surface area (Å²) in [6.45, 7) is 2.54. The number of nitrogens with zero attached hydrogens (tertiary/aromatic N) is 1. The van der Waals surface area contributed by atoms with Crippen LogP contribution in [0.15, 0.2) is 88.9 Å². The van der Waals surface area contributed by atoms with Gasteiger partial charge in [-0.15, -0.1) is 0 Å². The molecule has 3 aromatic rings. The van der Waals surface area contributed by atoms with E-state index in [4.69, 9.17) is 16.3 Å². The molecule has 1 aliphatic rings. The zero-order chi connectivity index (χ0) is 21.1. The Morgan fingerprint density at radius 1 is 1.03 bits per heavy atom. The Labute approximate surface area is 189 Å². The highest BCUT2D eigenvalue weighted by molar-refractivity contribution is 9.10. The molecule has 0 N–H and O–H groups in total. The average molecular weight is 481 g/mol. The van der Waals surface area contributed by atoms with Crippen LogP contribution in [0.2, 0.25) is 5.02 Å². The van der Waals surface area contributed by atoms with Crippen molar-refractivity contribution in [3.05, 3.63) is 105 Å². The summed E-state index contributed by atoms with van der Waals surface area (Å²) in [5.41, 5.74) is 4.02. The van der Waals surface area contributed by atoms with Crippen molar-refractivity contribution in [3.8, 4) is 5.75 Å². The first-order valence-electron chi connectivity index (χ1n) is 9.58. The molecule has 150 valence electrons. The Balaban J connectivity index is 1.78. The van der Waals surface area contributed by atoms with E-state index < -0.39 is 0 Å². The molecule has 1 amide bonds. The van der Waals surface area contributed by atoms with Crippen LogP contribution in [0.1, 0.15) is 18.1 Å². The highest BCUT2D eigenvalue weighted by atomic mass is 79.9. The summed E-state index contributed by atoms with van der Waals surface area (Å²) in [6.07, 6.45) is 3.80. The van der Waals surface area contributed by atoms with Gasteiger partial charge in [0.15, 0.2) is 0 Å². The lowest BCUT2D eigenvalue weighted by molar-refractivity contribution is -0.113. The second-order valence-electron chi connectivity index (χ2n) is 6.74. The van der Waals surface area contributed by atoms with Crippen LogP contribution in [-0.4, -0.2) is 12.5 Å². The Hall–Kier alpha value is -2.82. The highest BCUT2D eigenvalue weighted by Gasteiger charge is 2.30. The monoisotopic (exact) mass is 479 g/mol. The van der Waals surface area contributed by atoms with E-state index in [1.807, 2.05) is 79.7 Å². The largest absolute Gasteiger partial charge is 0.493 e. The Kier molecular flexibility index (Phi) is 6.07. The fraction of sp³-hybridized carbons (Fsp3) is 0.0800. The molecule has 0 saturated heterocycles. The molecule has 0 aliphatic carbocycles. The van der Waals surface area contributed by atoms with Crippen molar-refractivity contribution in [2.24, 2.45) is 0 Å². The summed E-state index contributed by atoms with van der Waals surface area (Å²) in [7, 11) is 0. The molecule has 0 bridgehead atoms. The van der Waals surface area contributed by atoms with Crippen LogP contribution >= 0.6 is 27.5 Å². The first-order chi connectivity index (χ1) is 14.6. The smallest absolute Gasteiger partial charge is 0.262 e. The molecule has 1 aliphatic heterocycles. The van der Waals surface area contributed by atoms with Crippen molar-refractivity contribution in [2.45, 2.75) is 6.92 Å². The number of benzene rings is 3. The van der Waals surface area contributed by atoms with Crippen molar-refractivity contribution >= 4 is 50.9 Å². The molecule has 0 radical (unpaired) electrons. The van der Waals surface area contributed by atoms with Gasteiger partial charge >= 0.3 is 0 Å². The van der Waals surface area contributed by atoms with Gasteiger partial charge in [0.05, 0.1) is 22.5 Å². The Morgan fingerprint density at radius 2 is 1.83 bits per heavy atom. The molecule has 0 aromatic heterocycles. The molecule has 0 unspecified atom stereocenters. The van der Waals surface area contributed by atoms with Crippen molar-refractivity contribution < 1.29 is 9.53 Å². The Morgan fingerprint density at radius 3 is 2.53 bits per heavy atom. The minimum absolute atomic E-state index is 0.0962. The van der Waals surface area contributed by atoms with Crippen molar-refractivity contribution in [1.82, 2.24) is 0 Å². The zero-order valence-electron chi connectivity index (χ0n) is 16.3. The van der Waals surface area contributed by atoms with Gasteiger partial charge in [0.1, 0.15) is 5.75 Å². The maximum absolute atomic E-state index is 13.4. The number of rotatable bonds is 5. The second kappa shape index (κ2) is 8.90. The number of ether oxygens (including phenoxy) is 1. The molecule has 4 rings (SSSR count). The number of anilines is 1.